The van der Waals surface area contributed by atoms with E-state index in [1.165, 1.54) is 11.3 Å². The lowest BCUT2D eigenvalue weighted by Gasteiger charge is -2.39. The van der Waals surface area contributed by atoms with Gasteiger partial charge >= 0.3 is 0 Å². The lowest BCUT2D eigenvalue weighted by Crippen LogP contribution is -2.53. The Morgan fingerprint density at radius 2 is 1.85 bits per heavy atom. The van der Waals surface area contributed by atoms with E-state index in [0.717, 1.165) is 50.2 Å². The highest BCUT2D eigenvalue weighted by molar-refractivity contribution is 6.30. The Balaban J connectivity index is 1.33. The number of anilines is 1. The fourth-order valence-electron chi connectivity index (χ4n) is 5.84. The number of piperazine rings is 1. The number of carbonyl (C=O) groups excluding carboxylic acids is 1. The van der Waals surface area contributed by atoms with Crippen molar-refractivity contribution in [2.24, 2.45) is 0 Å². The summed E-state index contributed by atoms with van der Waals surface area (Å²) in [7, 11) is 0. The van der Waals surface area contributed by atoms with Crippen molar-refractivity contribution in [1.29, 1.82) is 0 Å². The number of halogens is 1. The van der Waals surface area contributed by atoms with Crippen LogP contribution in [-0.4, -0.2) is 58.5 Å². The van der Waals surface area contributed by atoms with E-state index >= 15 is 0 Å². The largest absolute Gasteiger partial charge is 0.353 e. The van der Waals surface area contributed by atoms with Crippen LogP contribution in [-0.2, 0) is 11.2 Å². The second kappa shape index (κ2) is 8.88. The third-order valence-electron chi connectivity index (χ3n) is 7.70. The summed E-state index contributed by atoms with van der Waals surface area (Å²) in [6.45, 7) is 9.74. The van der Waals surface area contributed by atoms with Crippen LogP contribution in [0.2, 0.25) is 5.02 Å². The monoisotopic (exact) mass is 467 g/mol. The number of rotatable bonds is 4. The Hall–Kier alpha value is -2.18. The van der Waals surface area contributed by atoms with Gasteiger partial charge in [-0.05, 0) is 63.1 Å². The molecule has 2 saturated heterocycles. The minimum atomic E-state index is -0.195. The van der Waals surface area contributed by atoms with Gasteiger partial charge in [0, 0.05) is 54.0 Å². The summed E-state index contributed by atoms with van der Waals surface area (Å²) in [5, 5.41) is 4.42. The summed E-state index contributed by atoms with van der Waals surface area (Å²) in [6, 6.07) is 7.95. The van der Waals surface area contributed by atoms with E-state index in [1.54, 1.807) is 6.33 Å². The first-order valence-electron chi connectivity index (χ1n) is 12.2. The molecule has 1 amide bonds. The third kappa shape index (κ3) is 4.47. The van der Waals surface area contributed by atoms with Gasteiger partial charge in [-0.1, -0.05) is 30.7 Å². The molecule has 6 nitrogen and oxygen atoms in total. The number of nitrogens with one attached hydrogen (secondary N) is 1. The van der Waals surface area contributed by atoms with Crippen LogP contribution in [0.3, 0.4) is 0 Å². The van der Waals surface area contributed by atoms with Gasteiger partial charge in [0.05, 0.1) is 5.92 Å². The molecule has 1 N–H and O–H groups in total. The Morgan fingerprint density at radius 3 is 2.52 bits per heavy atom. The number of fused-ring (bicyclic) bond motifs is 1. The summed E-state index contributed by atoms with van der Waals surface area (Å²) >= 11 is 6.15. The fraction of sp³-hybridized carbons (Fsp3) is 0.577. The SMILES string of the molecule is C[C@@H]1CCc2ncnc(N3CCN(C(=O)[C@@H](c4ccc(Cl)cc4)[C@@H]4CCC(C)(C)N4)CC3)c21. The molecule has 0 saturated carbocycles. The van der Waals surface area contributed by atoms with Crippen molar-refractivity contribution < 1.29 is 4.79 Å². The molecule has 2 aliphatic heterocycles. The first-order valence-corrected chi connectivity index (χ1v) is 12.6. The van der Waals surface area contributed by atoms with E-state index in [9.17, 15) is 4.79 Å². The molecular formula is C26H34ClN5O. The molecule has 0 spiro atoms. The standard InChI is InChI=1S/C26H34ClN5O/c1-17-4-9-20-22(17)24(29-16-28-20)31-12-14-32(15-13-31)25(33)23(18-5-7-19(27)8-6-18)21-10-11-26(2,3)30-21/h5-8,16-17,21,23,30H,4,9-15H2,1-3H3/t17-,21+,23+/m1/s1. The highest BCUT2D eigenvalue weighted by atomic mass is 35.5. The van der Waals surface area contributed by atoms with E-state index in [2.05, 4.69) is 41.0 Å². The Morgan fingerprint density at radius 1 is 1.12 bits per heavy atom. The number of carbonyl (C=O) groups is 1. The van der Waals surface area contributed by atoms with Gasteiger partial charge in [0.2, 0.25) is 5.91 Å². The molecule has 1 aromatic heterocycles. The van der Waals surface area contributed by atoms with Crippen molar-refractivity contribution in [2.45, 2.75) is 69.9 Å². The van der Waals surface area contributed by atoms with Crippen molar-refractivity contribution in [3.63, 3.8) is 0 Å². The predicted molar refractivity (Wildman–Crippen MR) is 132 cm³/mol. The van der Waals surface area contributed by atoms with Crippen LogP contribution < -0.4 is 10.2 Å². The summed E-state index contributed by atoms with van der Waals surface area (Å²) in [5.41, 5.74) is 3.61. The van der Waals surface area contributed by atoms with Crippen molar-refractivity contribution in [2.75, 3.05) is 31.1 Å². The molecule has 176 valence electrons. The maximum Gasteiger partial charge on any atom is 0.231 e. The number of hydrogen-bond acceptors (Lipinski definition) is 5. The van der Waals surface area contributed by atoms with Gasteiger partial charge in [-0.15, -0.1) is 0 Å². The molecule has 2 aromatic rings. The number of hydrogen-bond donors (Lipinski definition) is 1. The number of nitrogens with zero attached hydrogens (tertiary/aromatic N) is 4. The molecule has 1 aliphatic carbocycles. The van der Waals surface area contributed by atoms with Crippen molar-refractivity contribution >= 4 is 23.3 Å². The molecule has 1 aromatic carbocycles. The van der Waals surface area contributed by atoms with Crippen LogP contribution in [0.5, 0.6) is 0 Å². The lowest BCUT2D eigenvalue weighted by atomic mass is 9.88. The Labute approximate surface area is 201 Å². The summed E-state index contributed by atoms with van der Waals surface area (Å²) in [6.07, 6.45) is 5.95. The Kier molecular flexibility index (Phi) is 6.08. The van der Waals surface area contributed by atoms with E-state index in [4.69, 9.17) is 11.6 Å². The fourth-order valence-corrected chi connectivity index (χ4v) is 5.97. The molecular weight excluding hydrogens is 434 g/mol. The van der Waals surface area contributed by atoms with Gasteiger partial charge in [0.25, 0.3) is 0 Å². The van der Waals surface area contributed by atoms with Crippen molar-refractivity contribution in [3.05, 3.63) is 52.4 Å². The lowest BCUT2D eigenvalue weighted by molar-refractivity contribution is -0.133. The van der Waals surface area contributed by atoms with Crippen LogP contribution in [0.1, 0.15) is 68.7 Å². The van der Waals surface area contributed by atoms with Crippen LogP contribution in [0.15, 0.2) is 30.6 Å². The summed E-state index contributed by atoms with van der Waals surface area (Å²) in [4.78, 5) is 27.4. The second-order valence-corrected chi connectivity index (χ2v) is 10.9. The smallest absolute Gasteiger partial charge is 0.231 e. The first kappa shape index (κ1) is 22.6. The van der Waals surface area contributed by atoms with Gasteiger partial charge in [-0.2, -0.15) is 0 Å². The quantitative estimate of drug-likeness (QED) is 0.732. The van der Waals surface area contributed by atoms with E-state index < -0.39 is 0 Å². The van der Waals surface area contributed by atoms with Gasteiger partial charge in [-0.25, -0.2) is 9.97 Å². The van der Waals surface area contributed by atoms with E-state index in [-0.39, 0.29) is 23.4 Å². The number of benzene rings is 1. The van der Waals surface area contributed by atoms with Crippen LogP contribution in [0.25, 0.3) is 0 Å². The molecule has 5 rings (SSSR count). The average Bonchev–Trinajstić information content (AvgIpc) is 3.37. The predicted octanol–water partition coefficient (Wildman–Crippen LogP) is 4.14. The van der Waals surface area contributed by atoms with E-state index in [1.807, 2.05) is 29.2 Å². The third-order valence-corrected chi connectivity index (χ3v) is 7.95. The van der Waals surface area contributed by atoms with Gasteiger partial charge in [-0.3, -0.25) is 4.79 Å². The summed E-state index contributed by atoms with van der Waals surface area (Å²) < 4.78 is 0. The maximum atomic E-state index is 13.9. The summed E-state index contributed by atoms with van der Waals surface area (Å²) in [5.74, 6) is 1.60. The molecule has 33 heavy (non-hydrogen) atoms. The van der Waals surface area contributed by atoms with Crippen molar-refractivity contribution in [1.82, 2.24) is 20.2 Å². The first-order chi connectivity index (χ1) is 15.8. The molecule has 3 aliphatic rings. The van der Waals surface area contributed by atoms with Gasteiger partial charge in [0.15, 0.2) is 0 Å². The second-order valence-electron chi connectivity index (χ2n) is 10.5. The van der Waals surface area contributed by atoms with Crippen LogP contribution >= 0.6 is 11.6 Å². The highest BCUT2D eigenvalue weighted by Gasteiger charge is 2.41. The zero-order valence-corrected chi connectivity index (χ0v) is 20.6. The molecule has 2 fully saturated rings. The molecule has 3 atom stereocenters. The zero-order chi connectivity index (χ0) is 23.2. The highest BCUT2D eigenvalue weighted by Crippen LogP contribution is 2.38. The van der Waals surface area contributed by atoms with Gasteiger partial charge < -0.3 is 15.1 Å². The van der Waals surface area contributed by atoms with Crippen LogP contribution in [0.4, 0.5) is 5.82 Å². The molecule has 0 bridgehead atoms. The normalized spacial score (nSPS) is 25.2. The van der Waals surface area contributed by atoms with Crippen LogP contribution in [0, 0.1) is 0 Å². The average molecular weight is 468 g/mol. The van der Waals surface area contributed by atoms with Crippen molar-refractivity contribution in [3.8, 4) is 0 Å². The minimum absolute atomic E-state index is 0.0540. The molecule has 0 unspecified atom stereocenters. The number of aromatic nitrogens is 2. The number of aryl methyl sites for hydroxylation is 1. The van der Waals surface area contributed by atoms with Gasteiger partial charge in [0.1, 0.15) is 12.1 Å². The molecule has 0 radical (unpaired) electrons. The molecule has 7 heteroatoms. The van der Waals surface area contributed by atoms with E-state index in [0.29, 0.717) is 24.0 Å². The topological polar surface area (TPSA) is 61.4 Å². The minimum Gasteiger partial charge on any atom is -0.353 e. The molecule has 3 heterocycles. The Bertz CT molecular complexity index is 1020. The number of amides is 1. The zero-order valence-electron chi connectivity index (χ0n) is 19.9. The maximum absolute atomic E-state index is 13.9.